The first-order chi connectivity index (χ1) is 1.41. The van der Waals surface area contributed by atoms with Crippen LogP contribution in [0, 0.1) is 46.8 Å². The molecule has 0 saturated carbocycles. The van der Waals surface area contributed by atoms with Gasteiger partial charge in [0.15, 0.2) is 0 Å². The molecule has 0 bridgehead atoms. The van der Waals surface area contributed by atoms with Crippen molar-refractivity contribution in [1.29, 1.82) is 0 Å². The van der Waals surface area contributed by atoms with Crippen molar-refractivity contribution in [3.05, 3.63) is 6.42 Å². The van der Waals surface area contributed by atoms with E-state index in [0.717, 1.165) is 0 Å². The van der Waals surface area contributed by atoms with Gasteiger partial charge in [0, 0.05) is 40.4 Å². The molecule has 0 aliphatic rings. The molecule has 26 valence electrons. The van der Waals surface area contributed by atoms with Gasteiger partial charge in [-0.3, -0.25) is 0 Å². The van der Waals surface area contributed by atoms with Crippen molar-refractivity contribution in [2.75, 3.05) is 0 Å². The van der Waals surface area contributed by atoms with Gasteiger partial charge in [-0.2, -0.15) is 13.8 Å². The van der Waals surface area contributed by atoms with E-state index in [2.05, 4.69) is 0 Å². The van der Waals surface area contributed by atoms with Gasteiger partial charge >= 0.3 is 0 Å². The largest absolute Gasteiger partial charge is 0.335 e. The van der Waals surface area contributed by atoms with Gasteiger partial charge in [-0.1, -0.05) is 0 Å². The first-order valence-electron chi connectivity index (χ1n) is 1.15. The fourth-order valence-electron chi connectivity index (χ4n) is 0. The Kier molecular flexibility index (Phi) is 19.9. The van der Waals surface area contributed by atoms with Crippen molar-refractivity contribution in [2.24, 2.45) is 0 Å². The van der Waals surface area contributed by atoms with Gasteiger partial charge < -0.3 is 6.42 Å². The summed E-state index contributed by atoms with van der Waals surface area (Å²) in [6.07, 6.45) is 2.00. The molecule has 4 heavy (non-hydrogen) atoms. The normalized spacial score (nSPS) is 4.50. The molecular weight excluding hydrogens is 186 g/mol. The summed E-state index contributed by atoms with van der Waals surface area (Å²) in [7, 11) is 0. The zero-order valence-electron chi connectivity index (χ0n) is 2.99. The molecule has 0 rings (SSSR count). The average molecular weight is 193 g/mol. The van der Waals surface area contributed by atoms with Crippen molar-refractivity contribution in [3.63, 3.8) is 0 Å². The predicted molar refractivity (Wildman–Crippen MR) is 15.6 cm³/mol. The van der Waals surface area contributed by atoms with E-state index in [1.54, 1.807) is 0 Å². The van der Waals surface area contributed by atoms with Gasteiger partial charge in [-0.15, -0.1) is 0 Å². The Morgan fingerprint density at radius 1 is 1.25 bits per heavy atom. The van der Waals surface area contributed by atoms with E-state index < -0.39 is 0 Å². The smallest absolute Gasteiger partial charge is 0 e. The van der Waals surface area contributed by atoms with Gasteiger partial charge in [-0.25, -0.2) is 0 Å². The zero-order valence-corrected chi connectivity index (χ0v) is 5.61. The van der Waals surface area contributed by atoms with Gasteiger partial charge in [0.05, 0.1) is 0 Å². The van der Waals surface area contributed by atoms with Crippen LogP contribution in [0.1, 0.15) is 13.8 Å². The van der Waals surface area contributed by atoms with Crippen LogP contribution in [-0.2, 0) is 0 Å². The second-order valence-corrected chi connectivity index (χ2v) is 0.577. The number of hydrogen-bond acceptors (Lipinski definition) is 0. The van der Waals surface area contributed by atoms with E-state index in [0.29, 0.717) is 0 Å². The summed E-state index contributed by atoms with van der Waals surface area (Å²) >= 11 is 0. The summed E-state index contributed by atoms with van der Waals surface area (Å²) < 4.78 is 0. The molecular formula is C3H7Sm-. The third-order valence-electron chi connectivity index (χ3n) is 0. The standard InChI is InChI=1S/C3H7.Sm/c1-3-2;/h3H,1-2H3;/q-1;. The molecule has 0 aliphatic heterocycles. The minimum absolute atomic E-state index is 0. The van der Waals surface area contributed by atoms with Crippen LogP contribution < -0.4 is 0 Å². The van der Waals surface area contributed by atoms with Crippen molar-refractivity contribution in [1.82, 2.24) is 0 Å². The van der Waals surface area contributed by atoms with E-state index in [1.807, 2.05) is 20.3 Å². The summed E-state index contributed by atoms with van der Waals surface area (Å²) in [6.45, 7) is 4.00. The van der Waals surface area contributed by atoms with Crippen molar-refractivity contribution in [3.8, 4) is 0 Å². The molecule has 0 nitrogen and oxygen atoms in total. The van der Waals surface area contributed by atoms with Crippen LogP contribution >= 0.6 is 0 Å². The Balaban J connectivity index is 0. The average Bonchev–Trinajstić information content (AvgIpc) is 0.918. The molecule has 0 spiro atoms. The Morgan fingerprint density at radius 2 is 1.25 bits per heavy atom. The van der Waals surface area contributed by atoms with Crippen molar-refractivity contribution in [2.45, 2.75) is 13.8 Å². The van der Waals surface area contributed by atoms with Crippen molar-refractivity contribution >= 4 is 0 Å². The maximum atomic E-state index is 2.00. The summed E-state index contributed by atoms with van der Waals surface area (Å²) in [5.74, 6) is 0. The summed E-state index contributed by atoms with van der Waals surface area (Å²) in [5.41, 5.74) is 0. The summed E-state index contributed by atoms with van der Waals surface area (Å²) in [5, 5.41) is 0. The van der Waals surface area contributed by atoms with E-state index in [4.69, 9.17) is 0 Å². The molecule has 0 aromatic heterocycles. The molecule has 0 saturated heterocycles. The number of rotatable bonds is 0. The molecule has 1 heteroatoms. The summed E-state index contributed by atoms with van der Waals surface area (Å²) in [6, 6.07) is 0. The summed E-state index contributed by atoms with van der Waals surface area (Å²) in [4.78, 5) is 0. The maximum Gasteiger partial charge on any atom is 0 e. The van der Waals surface area contributed by atoms with Crippen LogP contribution in [-0.4, -0.2) is 0 Å². The predicted octanol–water partition coefficient (Wildman–Crippen LogP) is 1.23. The van der Waals surface area contributed by atoms with Crippen LogP contribution in [0.3, 0.4) is 0 Å². The first kappa shape index (κ1) is 9.02. The van der Waals surface area contributed by atoms with Crippen LogP contribution in [0.15, 0.2) is 0 Å². The molecule has 0 radical (unpaired) electrons. The van der Waals surface area contributed by atoms with E-state index >= 15 is 0 Å². The van der Waals surface area contributed by atoms with Gasteiger partial charge in [0.1, 0.15) is 0 Å². The SMILES string of the molecule is C[CH-]C.[Sm]. The molecule has 0 amide bonds. The molecule has 0 fully saturated rings. The quantitative estimate of drug-likeness (QED) is 0.508. The van der Waals surface area contributed by atoms with Crippen LogP contribution in [0.2, 0.25) is 0 Å². The molecule has 0 N–H and O–H groups in total. The molecule has 0 heterocycles. The third kappa shape index (κ3) is 10.2. The van der Waals surface area contributed by atoms with E-state index in [9.17, 15) is 0 Å². The minimum Gasteiger partial charge on any atom is -0.335 e. The molecule has 0 atom stereocenters. The van der Waals surface area contributed by atoms with Gasteiger partial charge in [0.25, 0.3) is 0 Å². The van der Waals surface area contributed by atoms with Crippen LogP contribution in [0.4, 0.5) is 0 Å². The zero-order chi connectivity index (χ0) is 2.71. The van der Waals surface area contributed by atoms with Gasteiger partial charge in [0.2, 0.25) is 0 Å². The Labute approximate surface area is 60.1 Å². The third-order valence-corrected chi connectivity index (χ3v) is 0. The first-order valence-corrected chi connectivity index (χ1v) is 1.15. The molecule has 0 aromatic rings. The fraction of sp³-hybridized carbons (Fsp3) is 0.667. The minimum atomic E-state index is 0. The topological polar surface area (TPSA) is 0 Å². The maximum absolute atomic E-state index is 2.00. The van der Waals surface area contributed by atoms with E-state index in [1.165, 1.54) is 0 Å². The second-order valence-electron chi connectivity index (χ2n) is 0.577. The second kappa shape index (κ2) is 8.84. The van der Waals surface area contributed by atoms with E-state index in [-0.39, 0.29) is 40.4 Å². The van der Waals surface area contributed by atoms with Crippen LogP contribution in [0.5, 0.6) is 0 Å². The Morgan fingerprint density at radius 3 is 1.25 bits per heavy atom. The molecule has 0 aromatic carbocycles. The molecule has 0 aliphatic carbocycles. The molecule has 0 unspecified atom stereocenters. The fourth-order valence-corrected chi connectivity index (χ4v) is 0. The Hall–Kier alpha value is 1.34. The van der Waals surface area contributed by atoms with Gasteiger partial charge in [-0.05, 0) is 0 Å². The number of hydrogen-bond donors (Lipinski definition) is 0. The van der Waals surface area contributed by atoms with Crippen LogP contribution in [0.25, 0.3) is 0 Å². The Bertz CT molecular complexity index is 3.25. The monoisotopic (exact) mass is 195 g/mol. The van der Waals surface area contributed by atoms with Crippen molar-refractivity contribution < 1.29 is 40.4 Å².